The molecule has 0 saturated heterocycles. The van der Waals surface area contributed by atoms with Gasteiger partial charge in [-0.05, 0) is 24.6 Å². The lowest BCUT2D eigenvalue weighted by molar-refractivity contribution is -0.666. The number of aromatic nitrogens is 4. The van der Waals surface area contributed by atoms with Crippen LogP contribution >= 0.6 is 0 Å². The van der Waals surface area contributed by atoms with Gasteiger partial charge in [0.05, 0.1) is 0 Å². The zero-order chi connectivity index (χ0) is 9.26. The minimum absolute atomic E-state index is 0.852. The molecule has 2 aromatic rings. The molecule has 0 bridgehead atoms. The summed E-state index contributed by atoms with van der Waals surface area (Å²) in [5, 5.41) is 10.4. The second kappa shape index (κ2) is 2.97. The fraction of sp³-hybridized carbons (Fsp3) is 0.222. The van der Waals surface area contributed by atoms with Crippen LogP contribution in [0.5, 0.6) is 0 Å². The van der Waals surface area contributed by atoms with E-state index in [1.807, 2.05) is 23.7 Å². The van der Waals surface area contributed by atoms with Gasteiger partial charge in [-0.2, -0.15) is 0 Å². The second-order valence-electron chi connectivity index (χ2n) is 3.02. The van der Waals surface area contributed by atoms with Crippen molar-refractivity contribution in [3.05, 3.63) is 35.7 Å². The Morgan fingerprint density at radius 1 is 1.31 bits per heavy atom. The summed E-state index contributed by atoms with van der Waals surface area (Å²) in [6.45, 7) is 3.97. The minimum Gasteiger partial charge on any atom is -0.127 e. The van der Waals surface area contributed by atoms with Gasteiger partial charge in [-0.25, -0.2) is 0 Å². The summed E-state index contributed by atoms with van der Waals surface area (Å²) in [7, 11) is 0. The fourth-order valence-electron chi connectivity index (χ4n) is 1.27. The summed E-state index contributed by atoms with van der Waals surface area (Å²) < 4.78 is 1.84. The first-order valence-corrected chi connectivity index (χ1v) is 4.14. The zero-order valence-corrected chi connectivity index (χ0v) is 7.65. The minimum atomic E-state index is 0.852. The van der Waals surface area contributed by atoms with Gasteiger partial charge < -0.3 is 0 Å². The molecule has 1 aromatic carbocycles. The van der Waals surface area contributed by atoms with Crippen molar-refractivity contribution in [1.82, 2.24) is 15.5 Å². The lowest BCUT2D eigenvalue weighted by Gasteiger charge is -1.97. The average Bonchev–Trinajstić information content (AvgIpc) is 2.51. The number of nitrogens with zero attached hydrogens (tertiary/aromatic N) is 3. The first-order valence-electron chi connectivity index (χ1n) is 4.14. The molecule has 0 aliphatic carbocycles. The number of nitrogens with one attached hydrogen (secondary N) is 1. The highest BCUT2D eigenvalue weighted by Gasteiger charge is 2.09. The van der Waals surface area contributed by atoms with Crippen molar-refractivity contribution in [3.63, 3.8) is 0 Å². The third-order valence-electron chi connectivity index (χ3n) is 1.92. The van der Waals surface area contributed by atoms with E-state index in [-0.39, 0.29) is 0 Å². The maximum Gasteiger partial charge on any atom is 0.302 e. The van der Waals surface area contributed by atoms with Gasteiger partial charge in [-0.3, -0.25) is 0 Å². The Morgan fingerprint density at radius 3 is 2.77 bits per heavy atom. The highest BCUT2D eigenvalue weighted by atomic mass is 15.5. The lowest BCUT2D eigenvalue weighted by atomic mass is 10.2. The van der Waals surface area contributed by atoms with E-state index in [2.05, 4.69) is 34.6 Å². The molecule has 0 aliphatic heterocycles. The van der Waals surface area contributed by atoms with Crippen LogP contribution in [-0.4, -0.2) is 15.5 Å². The molecule has 0 aliphatic rings. The summed E-state index contributed by atoms with van der Waals surface area (Å²) >= 11 is 0. The van der Waals surface area contributed by atoms with E-state index in [0.717, 1.165) is 11.5 Å². The van der Waals surface area contributed by atoms with E-state index in [0.29, 0.717) is 0 Å². The van der Waals surface area contributed by atoms with Crippen LogP contribution in [0.25, 0.3) is 5.69 Å². The van der Waals surface area contributed by atoms with Gasteiger partial charge in [-0.1, -0.05) is 17.3 Å². The van der Waals surface area contributed by atoms with Crippen molar-refractivity contribution in [1.29, 1.82) is 0 Å². The number of aryl methyl sites for hydroxylation is 2. The first-order chi connectivity index (χ1) is 6.27. The number of hydrogen-bond donors (Lipinski definition) is 1. The zero-order valence-electron chi connectivity index (χ0n) is 7.65. The molecule has 66 valence electrons. The largest absolute Gasteiger partial charge is 0.302 e. The predicted molar refractivity (Wildman–Crippen MR) is 47.4 cm³/mol. The van der Waals surface area contributed by atoms with Crippen molar-refractivity contribution in [2.24, 2.45) is 0 Å². The molecule has 13 heavy (non-hydrogen) atoms. The summed E-state index contributed by atoms with van der Waals surface area (Å²) in [6, 6.07) is 8.16. The number of H-pyrrole nitrogens is 1. The highest BCUT2D eigenvalue weighted by Crippen LogP contribution is 2.02. The van der Waals surface area contributed by atoms with Crippen LogP contribution in [0, 0.1) is 13.8 Å². The number of hydrogen-bond acceptors (Lipinski definition) is 2. The molecular formula is C9H11N4+. The third kappa shape index (κ3) is 1.42. The van der Waals surface area contributed by atoms with Crippen molar-refractivity contribution in [2.45, 2.75) is 13.8 Å². The summed E-state index contributed by atoms with van der Waals surface area (Å²) in [4.78, 5) is 0. The quantitative estimate of drug-likeness (QED) is 0.648. The van der Waals surface area contributed by atoms with E-state index >= 15 is 0 Å². The summed E-state index contributed by atoms with van der Waals surface area (Å²) in [5.41, 5.74) is 2.28. The topological polar surface area (TPSA) is 45.5 Å². The molecule has 0 unspecified atom stereocenters. The highest BCUT2D eigenvalue weighted by molar-refractivity contribution is 5.27. The van der Waals surface area contributed by atoms with Crippen LogP contribution in [0.2, 0.25) is 0 Å². The molecule has 4 nitrogen and oxygen atoms in total. The van der Waals surface area contributed by atoms with Gasteiger partial charge in [0.1, 0.15) is 10.8 Å². The molecule has 1 N–H and O–H groups in total. The van der Waals surface area contributed by atoms with E-state index < -0.39 is 0 Å². The van der Waals surface area contributed by atoms with E-state index in [9.17, 15) is 0 Å². The third-order valence-corrected chi connectivity index (χ3v) is 1.92. The molecule has 0 amide bonds. The van der Waals surface area contributed by atoms with Crippen LogP contribution in [0.3, 0.4) is 0 Å². The fourth-order valence-corrected chi connectivity index (χ4v) is 1.27. The van der Waals surface area contributed by atoms with Crippen molar-refractivity contribution < 1.29 is 4.68 Å². The molecular weight excluding hydrogens is 164 g/mol. The molecule has 2 rings (SSSR count). The molecule has 0 fully saturated rings. The smallest absolute Gasteiger partial charge is 0.127 e. The molecule has 0 radical (unpaired) electrons. The number of tetrazole rings is 1. The molecule has 4 heteroatoms. The number of benzene rings is 1. The van der Waals surface area contributed by atoms with E-state index in [4.69, 9.17) is 0 Å². The Morgan fingerprint density at radius 2 is 2.15 bits per heavy atom. The Balaban J connectivity index is 2.53. The maximum absolute atomic E-state index is 3.88. The van der Waals surface area contributed by atoms with Gasteiger partial charge in [0.15, 0.2) is 5.21 Å². The molecule has 1 aromatic heterocycles. The Bertz CT molecular complexity index is 419. The lowest BCUT2D eigenvalue weighted by Crippen LogP contribution is -2.35. The monoisotopic (exact) mass is 175 g/mol. The first kappa shape index (κ1) is 7.91. The SMILES string of the molecule is Cc1cccc(-[n+]2[nH]nnc2C)c1. The summed E-state index contributed by atoms with van der Waals surface area (Å²) in [5.74, 6) is 0.852. The van der Waals surface area contributed by atoms with Crippen LogP contribution < -0.4 is 4.68 Å². The maximum atomic E-state index is 3.88. The number of rotatable bonds is 1. The normalized spacial score (nSPS) is 10.3. The molecule has 0 spiro atoms. The van der Waals surface area contributed by atoms with Crippen molar-refractivity contribution in [3.8, 4) is 5.69 Å². The van der Waals surface area contributed by atoms with Crippen LogP contribution in [0.4, 0.5) is 0 Å². The van der Waals surface area contributed by atoms with E-state index in [1.165, 1.54) is 5.56 Å². The van der Waals surface area contributed by atoms with Crippen LogP contribution in [0.1, 0.15) is 11.4 Å². The molecule has 1 heterocycles. The number of aromatic amines is 1. The van der Waals surface area contributed by atoms with Crippen LogP contribution in [-0.2, 0) is 0 Å². The van der Waals surface area contributed by atoms with Gasteiger partial charge in [0.2, 0.25) is 0 Å². The van der Waals surface area contributed by atoms with Gasteiger partial charge in [0, 0.05) is 6.92 Å². The van der Waals surface area contributed by atoms with Gasteiger partial charge >= 0.3 is 5.82 Å². The Kier molecular flexibility index (Phi) is 1.81. The predicted octanol–water partition coefficient (Wildman–Crippen LogP) is 0.698. The standard InChI is InChI=1S/C9H10N4/c1-7-4-3-5-9(6-7)13-8(2)10-11-12-13/h3-6H,1-2H3/p+1. The average molecular weight is 175 g/mol. The van der Waals surface area contributed by atoms with Gasteiger partial charge in [-0.15, -0.1) is 4.68 Å². The molecule has 0 saturated carbocycles. The second-order valence-corrected chi connectivity index (χ2v) is 3.02. The van der Waals surface area contributed by atoms with Crippen LogP contribution in [0.15, 0.2) is 24.3 Å². The molecule has 0 atom stereocenters. The van der Waals surface area contributed by atoms with Gasteiger partial charge in [0.25, 0.3) is 0 Å². The van der Waals surface area contributed by atoms with Crippen molar-refractivity contribution in [2.75, 3.05) is 0 Å². The summed E-state index contributed by atoms with van der Waals surface area (Å²) in [6.07, 6.45) is 0. The van der Waals surface area contributed by atoms with Crippen molar-refractivity contribution >= 4 is 0 Å². The Labute approximate surface area is 76.2 Å². The van der Waals surface area contributed by atoms with E-state index in [1.54, 1.807) is 0 Å². The Hall–Kier alpha value is -1.71.